The van der Waals surface area contributed by atoms with E-state index in [0.29, 0.717) is 29.4 Å². The minimum absolute atomic E-state index is 0.0751. The molecule has 0 spiro atoms. The maximum Gasteiger partial charge on any atom is 0.280 e. The van der Waals surface area contributed by atoms with E-state index < -0.39 is 18.6 Å². The number of nitrogens with zero attached hydrogens (tertiary/aromatic N) is 4. The van der Waals surface area contributed by atoms with Gasteiger partial charge in [-0.1, -0.05) is 6.42 Å². The van der Waals surface area contributed by atoms with Gasteiger partial charge in [-0.05, 0) is 37.1 Å². The van der Waals surface area contributed by atoms with E-state index in [2.05, 4.69) is 36.2 Å². The van der Waals surface area contributed by atoms with Crippen molar-refractivity contribution in [2.75, 3.05) is 25.0 Å². The first-order valence-electron chi connectivity index (χ1n) is 10.2. The Labute approximate surface area is 187 Å². The Morgan fingerprint density at radius 1 is 1.31 bits per heavy atom. The summed E-state index contributed by atoms with van der Waals surface area (Å²) in [6.45, 7) is -0.0144. The van der Waals surface area contributed by atoms with Crippen molar-refractivity contribution in [2.24, 2.45) is 0 Å². The van der Waals surface area contributed by atoms with Gasteiger partial charge in [0, 0.05) is 24.7 Å². The smallest absolute Gasteiger partial charge is 0.280 e. The number of thiazole rings is 1. The molecule has 0 bridgehead atoms. The van der Waals surface area contributed by atoms with E-state index in [9.17, 15) is 14.3 Å². The first kappa shape index (κ1) is 22.2. The number of pyridine rings is 1. The van der Waals surface area contributed by atoms with E-state index in [1.54, 1.807) is 24.4 Å². The van der Waals surface area contributed by atoms with E-state index in [-0.39, 0.29) is 22.8 Å². The number of carbonyl (C=O) groups excluding carboxylic acids is 1. The summed E-state index contributed by atoms with van der Waals surface area (Å²) in [5, 5.41) is 35.2. The van der Waals surface area contributed by atoms with Gasteiger partial charge in [-0.2, -0.15) is 0 Å². The molecule has 3 heterocycles. The van der Waals surface area contributed by atoms with Crippen LogP contribution < -0.4 is 10.6 Å². The van der Waals surface area contributed by atoms with E-state index in [4.69, 9.17) is 5.11 Å². The van der Waals surface area contributed by atoms with Gasteiger partial charge in [0.2, 0.25) is 0 Å². The number of amides is 1. The van der Waals surface area contributed by atoms with Crippen molar-refractivity contribution in [3.05, 3.63) is 52.4 Å². The average molecular weight is 458 g/mol. The summed E-state index contributed by atoms with van der Waals surface area (Å²) in [6.07, 6.45) is 3.32. The van der Waals surface area contributed by atoms with Crippen LogP contribution in [0.3, 0.4) is 0 Å². The Morgan fingerprint density at radius 2 is 2.16 bits per heavy atom. The lowest BCUT2D eigenvalue weighted by Gasteiger charge is -2.41. The van der Waals surface area contributed by atoms with Gasteiger partial charge in [0.05, 0.1) is 23.8 Å². The SMILES string of the molecule is O=C(NCC(O)CO)c1nc(-c2ccc(NCC3(c4ncccc4F)CCC3)nn2)[c]s1. The summed E-state index contributed by atoms with van der Waals surface area (Å²) >= 11 is 1.02. The highest BCUT2D eigenvalue weighted by Crippen LogP contribution is 2.43. The van der Waals surface area contributed by atoms with Crippen LogP contribution in [0.2, 0.25) is 0 Å². The van der Waals surface area contributed by atoms with Crippen LogP contribution in [0.15, 0.2) is 30.5 Å². The molecule has 11 heteroatoms. The Kier molecular flexibility index (Phi) is 6.68. The van der Waals surface area contributed by atoms with Crippen molar-refractivity contribution in [3.63, 3.8) is 0 Å². The first-order valence-corrected chi connectivity index (χ1v) is 11.0. The van der Waals surface area contributed by atoms with Gasteiger partial charge in [-0.3, -0.25) is 9.78 Å². The monoisotopic (exact) mass is 457 g/mol. The zero-order chi connectivity index (χ0) is 22.6. The quantitative estimate of drug-likeness (QED) is 0.380. The predicted molar refractivity (Wildman–Crippen MR) is 116 cm³/mol. The number of anilines is 1. The number of aliphatic hydroxyl groups is 2. The summed E-state index contributed by atoms with van der Waals surface area (Å²) in [5.74, 6) is -0.216. The number of aliphatic hydroxyl groups excluding tert-OH is 2. The molecule has 4 rings (SSSR count). The van der Waals surface area contributed by atoms with Gasteiger partial charge in [0.15, 0.2) is 5.01 Å². The van der Waals surface area contributed by atoms with Crippen molar-refractivity contribution in [1.29, 1.82) is 0 Å². The first-order chi connectivity index (χ1) is 15.5. The fourth-order valence-corrected chi connectivity index (χ4v) is 4.14. The summed E-state index contributed by atoms with van der Waals surface area (Å²) in [7, 11) is 0. The Balaban J connectivity index is 1.38. The van der Waals surface area contributed by atoms with Crippen molar-refractivity contribution >= 4 is 23.1 Å². The highest BCUT2D eigenvalue weighted by atomic mass is 32.1. The number of carbonyl (C=O) groups is 1. The minimum Gasteiger partial charge on any atom is -0.394 e. The molecular formula is C21H22FN6O3S. The molecule has 0 aliphatic heterocycles. The molecule has 1 aliphatic carbocycles. The zero-order valence-electron chi connectivity index (χ0n) is 17.1. The third kappa shape index (κ3) is 4.74. The molecule has 1 amide bonds. The van der Waals surface area contributed by atoms with E-state index in [0.717, 1.165) is 30.6 Å². The molecular weight excluding hydrogens is 435 g/mol. The van der Waals surface area contributed by atoms with Crippen molar-refractivity contribution in [3.8, 4) is 11.4 Å². The van der Waals surface area contributed by atoms with E-state index in [1.165, 1.54) is 6.07 Å². The van der Waals surface area contributed by atoms with Crippen LogP contribution in [0.1, 0.15) is 34.8 Å². The van der Waals surface area contributed by atoms with Gasteiger partial charge in [-0.15, -0.1) is 21.5 Å². The minimum atomic E-state index is -1.03. The van der Waals surface area contributed by atoms with Crippen molar-refractivity contribution in [1.82, 2.24) is 25.5 Å². The maximum atomic E-state index is 14.3. The van der Waals surface area contributed by atoms with Crippen molar-refractivity contribution < 1.29 is 19.4 Å². The van der Waals surface area contributed by atoms with Crippen LogP contribution in [-0.4, -0.2) is 62.1 Å². The fraction of sp³-hybridized carbons (Fsp3) is 0.381. The molecule has 0 aromatic carbocycles. The van der Waals surface area contributed by atoms with Crippen LogP contribution in [0, 0.1) is 11.2 Å². The molecule has 4 N–H and O–H groups in total. The molecule has 1 unspecified atom stereocenters. The van der Waals surface area contributed by atoms with Gasteiger partial charge in [0.25, 0.3) is 5.91 Å². The Hall–Kier alpha value is -3.02. The van der Waals surface area contributed by atoms with Crippen LogP contribution in [0.4, 0.5) is 10.2 Å². The van der Waals surface area contributed by atoms with Gasteiger partial charge in [0.1, 0.15) is 23.0 Å². The predicted octanol–water partition coefficient (Wildman–Crippen LogP) is 1.55. The molecule has 0 saturated heterocycles. The summed E-state index contributed by atoms with van der Waals surface area (Å²) in [6, 6.07) is 6.48. The second kappa shape index (κ2) is 9.63. The molecule has 167 valence electrons. The molecule has 3 aromatic heterocycles. The van der Waals surface area contributed by atoms with Crippen LogP contribution in [-0.2, 0) is 5.41 Å². The molecule has 1 radical (unpaired) electrons. The summed E-state index contributed by atoms with van der Waals surface area (Å²) in [4.78, 5) is 20.5. The number of nitrogens with one attached hydrogen (secondary N) is 2. The molecule has 32 heavy (non-hydrogen) atoms. The molecule has 1 fully saturated rings. The third-order valence-electron chi connectivity index (χ3n) is 5.45. The maximum absolute atomic E-state index is 14.3. The number of rotatable bonds is 9. The molecule has 1 saturated carbocycles. The molecule has 1 atom stereocenters. The lowest BCUT2D eigenvalue weighted by molar-refractivity contribution is 0.0802. The van der Waals surface area contributed by atoms with Gasteiger partial charge < -0.3 is 20.8 Å². The Morgan fingerprint density at radius 3 is 2.81 bits per heavy atom. The van der Waals surface area contributed by atoms with E-state index in [1.807, 2.05) is 0 Å². The lowest BCUT2D eigenvalue weighted by atomic mass is 9.66. The topological polar surface area (TPSA) is 133 Å². The molecule has 3 aromatic rings. The number of aromatic nitrogens is 4. The third-order valence-corrected chi connectivity index (χ3v) is 6.21. The molecule has 9 nitrogen and oxygen atoms in total. The zero-order valence-corrected chi connectivity index (χ0v) is 17.9. The van der Waals surface area contributed by atoms with Gasteiger partial charge in [-0.25, -0.2) is 9.37 Å². The molecule has 1 aliphatic rings. The summed E-state index contributed by atoms with van der Waals surface area (Å²) < 4.78 is 14.3. The van der Waals surface area contributed by atoms with Gasteiger partial charge >= 0.3 is 0 Å². The Bertz CT molecular complexity index is 1070. The lowest BCUT2D eigenvalue weighted by Crippen LogP contribution is -2.42. The van der Waals surface area contributed by atoms with Crippen molar-refractivity contribution in [2.45, 2.75) is 30.8 Å². The highest BCUT2D eigenvalue weighted by molar-refractivity contribution is 7.11. The second-order valence-electron chi connectivity index (χ2n) is 7.64. The highest BCUT2D eigenvalue weighted by Gasteiger charge is 2.41. The standard InChI is InChI=1S/C21H22FN6O3S/c22-14-3-1-8-23-18(14)21(6-2-7-21)12-25-17-5-4-15(27-28-17)16-11-32-20(26-16)19(31)24-9-13(30)10-29/h1,3-5,8,13,29-30H,2,6-7,9-10,12H2,(H,24,31)(H,25,28). The number of hydrogen-bond acceptors (Lipinski definition) is 9. The van der Waals surface area contributed by atoms with Crippen LogP contribution in [0.25, 0.3) is 11.4 Å². The number of hydrogen-bond donors (Lipinski definition) is 4. The summed E-state index contributed by atoms with van der Waals surface area (Å²) in [5.41, 5.74) is 0.973. The van der Waals surface area contributed by atoms with Crippen LogP contribution >= 0.6 is 11.3 Å². The normalized spacial score (nSPS) is 15.6. The fourth-order valence-electron chi connectivity index (χ4n) is 3.49. The van der Waals surface area contributed by atoms with Crippen LogP contribution in [0.5, 0.6) is 0 Å². The van der Waals surface area contributed by atoms with E-state index >= 15 is 0 Å². The largest absolute Gasteiger partial charge is 0.394 e. The average Bonchev–Trinajstić information content (AvgIpc) is 3.28. The number of halogens is 1. The second-order valence-corrected chi connectivity index (χ2v) is 8.44.